The van der Waals surface area contributed by atoms with Gasteiger partial charge >= 0.3 is 0 Å². The van der Waals surface area contributed by atoms with Crippen molar-refractivity contribution in [3.63, 3.8) is 0 Å². The van der Waals surface area contributed by atoms with Gasteiger partial charge < -0.3 is 16.2 Å². The Morgan fingerprint density at radius 2 is 2.22 bits per heavy atom. The Morgan fingerprint density at radius 1 is 1.50 bits per heavy atom. The molecule has 100 valence electrons. The topological polar surface area (TPSA) is 75.4 Å². The van der Waals surface area contributed by atoms with Crippen LogP contribution in [0.1, 0.15) is 17.5 Å². The number of nitrogens with one attached hydrogen (secondary N) is 1. The van der Waals surface area contributed by atoms with E-state index < -0.39 is 6.04 Å². The highest BCUT2D eigenvalue weighted by molar-refractivity contribution is 7.98. The van der Waals surface area contributed by atoms with Gasteiger partial charge in [0, 0.05) is 6.54 Å². The highest BCUT2D eigenvalue weighted by Crippen LogP contribution is 2.05. The van der Waals surface area contributed by atoms with Crippen LogP contribution >= 0.6 is 11.8 Å². The van der Waals surface area contributed by atoms with Crippen LogP contribution in [0.3, 0.4) is 0 Å². The third-order valence-corrected chi connectivity index (χ3v) is 3.25. The summed E-state index contributed by atoms with van der Waals surface area (Å²) in [4.78, 5) is 11.7. The number of aliphatic hydroxyl groups is 1. The third-order valence-electron chi connectivity index (χ3n) is 2.61. The molecule has 0 unspecified atom stereocenters. The molecule has 0 aromatic heterocycles. The van der Waals surface area contributed by atoms with Crippen molar-refractivity contribution >= 4 is 17.7 Å². The summed E-state index contributed by atoms with van der Waals surface area (Å²) >= 11 is 1.68. The van der Waals surface area contributed by atoms with Gasteiger partial charge in [-0.05, 0) is 29.6 Å². The summed E-state index contributed by atoms with van der Waals surface area (Å²) in [6.45, 7) is 0.453. The van der Waals surface area contributed by atoms with Gasteiger partial charge in [-0.2, -0.15) is 11.8 Å². The predicted molar refractivity (Wildman–Crippen MR) is 75.2 cm³/mol. The van der Waals surface area contributed by atoms with Crippen LogP contribution in [-0.4, -0.2) is 29.1 Å². The molecule has 0 heterocycles. The Labute approximate surface area is 112 Å². The van der Waals surface area contributed by atoms with Crippen molar-refractivity contribution in [1.82, 2.24) is 5.32 Å². The SMILES string of the molecule is CSCC[C@H](N)C(=O)NCc1cccc(CO)c1. The molecule has 4 N–H and O–H groups in total. The minimum Gasteiger partial charge on any atom is -0.392 e. The van der Waals surface area contributed by atoms with Crippen LogP contribution in [0, 0.1) is 0 Å². The summed E-state index contributed by atoms with van der Waals surface area (Å²) < 4.78 is 0. The van der Waals surface area contributed by atoms with Gasteiger partial charge in [0.1, 0.15) is 0 Å². The fourth-order valence-electron chi connectivity index (χ4n) is 1.53. The van der Waals surface area contributed by atoms with E-state index in [0.29, 0.717) is 13.0 Å². The summed E-state index contributed by atoms with van der Waals surface area (Å²) in [5.74, 6) is 0.757. The molecule has 1 aromatic carbocycles. The number of hydrogen-bond acceptors (Lipinski definition) is 4. The molecule has 0 spiro atoms. The van der Waals surface area contributed by atoms with E-state index in [2.05, 4.69) is 5.32 Å². The maximum absolute atomic E-state index is 11.7. The second-order valence-electron chi connectivity index (χ2n) is 4.08. The molecule has 5 heteroatoms. The van der Waals surface area contributed by atoms with Crippen LogP contribution in [0.4, 0.5) is 0 Å². The Morgan fingerprint density at radius 3 is 2.89 bits per heavy atom. The van der Waals surface area contributed by atoms with Gasteiger partial charge in [-0.3, -0.25) is 4.79 Å². The first-order valence-corrected chi connectivity index (χ1v) is 7.27. The van der Waals surface area contributed by atoms with Crippen molar-refractivity contribution in [2.45, 2.75) is 25.6 Å². The molecule has 1 rings (SSSR count). The fraction of sp³-hybridized carbons (Fsp3) is 0.462. The summed E-state index contributed by atoms with van der Waals surface area (Å²) in [6, 6.07) is 7.04. The zero-order valence-electron chi connectivity index (χ0n) is 10.6. The maximum atomic E-state index is 11.7. The number of benzene rings is 1. The number of thioether (sulfide) groups is 1. The predicted octanol–water partition coefficient (Wildman–Crippen LogP) is 0.875. The van der Waals surface area contributed by atoms with Gasteiger partial charge in [0.15, 0.2) is 0 Å². The number of nitrogens with two attached hydrogens (primary N) is 1. The molecule has 0 saturated carbocycles. The number of hydrogen-bond donors (Lipinski definition) is 3. The van der Waals surface area contributed by atoms with Crippen LogP contribution in [0.25, 0.3) is 0 Å². The lowest BCUT2D eigenvalue weighted by Gasteiger charge is -2.12. The number of rotatable bonds is 7. The highest BCUT2D eigenvalue weighted by Gasteiger charge is 2.12. The molecule has 0 aliphatic rings. The second kappa shape index (κ2) is 8.13. The maximum Gasteiger partial charge on any atom is 0.237 e. The zero-order valence-corrected chi connectivity index (χ0v) is 11.4. The molecule has 1 amide bonds. The van der Waals surface area contributed by atoms with Crippen molar-refractivity contribution in [2.24, 2.45) is 5.73 Å². The molecule has 1 atom stereocenters. The van der Waals surface area contributed by atoms with E-state index in [4.69, 9.17) is 10.8 Å². The minimum absolute atomic E-state index is 0.00895. The van der Waals surface area contributed by atoms with Crippen LogP contribution in [0.2, 0.25) is 0 Å². The largest absolute Gasteiger partial charge is 0.392 e. The summed E-state index contributed by atoms with van der Waals surface area (Å²) in [5.41, 5.74) is 7.56. The van der Waals surface area contributed by atoms with Gasteiger partial charge in [0.2, 0.25) is 5.91 Å². The van der Waals surface area contributed by atoms with E-state index in [1.807, 2.05) is 30.5 Å². The molecule has 0 aliphatic heterocycles. The summed E-state index contributed by atoms with van der Waals surface area (Å²) in [5, 5.41) is 11.8. The van der Waals surface area contributed by atoms with E-state index in [1.165, 1.54) is 0 Å². The van der Waals surface area contributed by atoms with Crippen LogP contribution in [0.5, 0.6) is 0 Å². The lowest BCUT2D eigenvalue weighted by Crippen LogP contribution is -2.40. The third kappa shape index (κ3) is 5.08. The highest BCUT2D eigenvalue weighted by atomic mass is 32.2. The van der Waals surface area contributed by atoms with E-state index >= 15 is 0 Å². The van der Waals surface area contributed by atoms with Crippen molar-refractivity contribution in [3.05, 3.63) is 35.4 Å². The normalized spacial score (nSPS) is 12.2. The van der Waals surface area contributed by atoms with Gasteiger partial charge in [-0.1, -0.05) is 24.3 Å². The molecule has 0 saturated heterocycles. The van der Waals surface area contributed by atoms with Crippen molar-refractivity contribution in [2.75, 3.05) is 12.0 Å². The van der Waals surface area contributed by atoms with E-state index in [0.717, 1.165) is 16.9 Å². The number of carbonyl (C=O) groups excluding carboxylic acids is 1. The van der Waals surface area contributed by atoms with Gasteiger partial charge in [0.25, 0.3) is 0 Å². The van der Waals surface area contributed by atoms with Crippen LogP contribution in [-0.2, 0) is 17.9 Å². The average molecular weight is 268 g/mol. The van der Waals surface area contributed by atoms with Gasteiger partial charge in [-0.25, -0.2) is 0 Å². The number of amides is 1. The number of carbonyl (C=O) groups is 1. The van der Waals surface area contributed by atoms with E-state index in [-0.39, 0.29) is 12.5 Å². The van der Waals surface area contributed by atoms with E-state index in [1.54, 1.807) is 11.8 Å². The standard InChI is InChI=1S/C13H20N2O2S/c1-18-6-5-12(14)13(17)15-8-10-3-2-4-11(7-10)9-16/h2-4,7,12,16H,5-6,8-9,14H2,1H3,(H,15,17)/t12-/m0/s1. The Hall–Kier alpha value is -1.04. The zero-order chi connectivity index (χ0) is 13.4. The van der Waals surface area contributed by atoms with Crippen molar-refractivity contribution in [3.8, 4) is 0 Å². The molecular weight excluding hydrogens is 248 g/mol. The summed E-state index contributed by atoms with van der Waals surface area (Å²) in [6.07, 6.45) is 2.68. The quantitative estimate of drug-likeness (QED) is 0.686. The molecule has 0 fully saturated rings. The minimum atomic E-state index is -0.446. The monoisotopic (exact) mass is 268 g/mol. The first kappa shape index (κ1) is 15.0. The fourth-order valence-corrected chi connectivity index (χ4v) is 2.02. The van der Waals surface area contributed by atoms with E-state index in [9.17, 15) is 4.79 Å². The summed E-state index contributed by atoms with van der Waals surface area (Å²) in [7, 11) is 0. The molecule has 0 bridgehead atoms. The molecule has 0 aliphatic carbocycles. The lowest BCUT2D eigenvalue weighted by atomic mass is 10.1. The molecular formula is C13H20N2O2S. The Kier molecular flexibility index (Phi) is 6.78. The number of aliphatic hydroxyl groups excluding tert-OH is 1. The first-order valence-electron chi connectivity index (χ1n) is 5.88. The Bertz CT molecular complexity index is 385. The van der Waals surface area contributed by atoms with Crippen LogP contribution in [0.15, 0.2) is 24.3 Å². The average Bonchev–Trinajstić information content (AvgIpc) is 2.42. The lowest BCUT2D eigenvalue weighted by molar-refractivity contribution is -0.122. The molecule has 1 aromatic rings. The first-order chi connectivity index (χ1) is 8.67. The van der Waals surface area contributed by atoms with Crippen molar-refractivity contribution < 1.29 is 9.90 Å². The Balaban J connectivity index is 2.41. The molecule has 0 radical (unpaired) electrons. The molecule has 4 nitrogen and oxygen atoms in total. The molecule has 18 heavy (non-hydrogen) atoms. The second-order valence-corrected chi connectivity index (χ2v) is 5.07. The van der Waals surface area contributed by atoms with Crippen LogP contribution < -0.4 is 11.1 Å². The van der Waals surface area contributed by atoms with Gasteiger partial charge in [-0.15, -0.1) is 0 Å². The van der Waals surface area contributed by atoms with Gasteiger partial charge in [0.05, 0.1) is 12.6 Å². The smallest absolute Gasteiger partial charge is 0.237 e. The van der Waals surface area contributed by atoms with Crippen molar-refractivity contribution in [1.29, 1.82) is 0 Å².